The number of hydrogen-bond acceptors (Lipinski definition) is 11. The summed E-state index contributed by atoms with van der Waals surface area (Å²) in [6.45, 7) is 4.46. The van der Waals surface area contributed by atoms with Crippen molar-refractivity contribution in [2.75, 3.05) is 10.6 Å². The Hall–Kier alpha value is -5.37. The lowest BCUT2D eigenvalue weighted by atomic mass is 10.1. The smallest absolute Gasteiger partial charge is 0.303 e. The molecule has 0 aliphatic carbocycles. The molecule has 1 fully saturated rings. The van der Waals surface area contributed by atoms with Gasteiger partial charge in [0.25, 0.3) is 0 Å². The summed E-state index contributed by atoms with van der Waals surface area (Å²) < 4.78 is 19.0. The van der Waals surface area contributed by atoms with Crippen molar-refractivity contribution in [2.45, 2.75) is 64.8 Å². The third-order valence-electron chi connectivity index (χ3n) is 6.89. The fourth-order valence-corrected chi connectivity index (χ4v) is 5.02. The first-order chi connectivity index (χ1) is 21.7. The topological polar surface area (TPSA) is 176 Å². The van der Waals surface area contributed by atoms with E-state index in [9.17, 15) is 19.2 Å². The molecule has 3 heterocycles. The number of aromatic nitrogens is 4. The van der Waals surface area contributed by atoms with Gasteiger partial charge in [-0.3, -0.25) is 29.1 Å². The van der Waals surface area contributed by atoms with E-state index in [1.165, 1.54) is 31.7 Å². The summed E-state index contributed by atoms with van der Waals surface area (Å²) in [5, 5.41) is 8.67. The van der Waals surface area contributed by atoms with Crippen LogP contribution in [0.25, 0.3) is 11.2 Å². The molecule has 0 saturated carbocycles. The molecule has 45 heavy (non-hydrogen) atoms. The summed E-state index contributed by atoms with van der Waals surface area (Å²) in [6.07, 6.45) is -3.13. The normalized spacial score (nSPS) is 19.1. The fourth-order valence-electron chi connectivity index (χ4n) is 5.02. The fraction of sp³-hybridized carbons (Fsp3) is 0.323. The molecular formula is C31H33N7O7. The van der Waals surface area contributed by atoms with Crippen molar-refractivity contribution in [3.05, 3.63) is 78.1 Å². The van der Waals surface area contributed by atoms with Crippen LogP contribution >= 0.6 is 0 Å². The summed E-state index contributed by atoms with van der Waals surface area (Å²) in [4.78, 5) is 62.7. The van der Waals surface area contributed by atoms with Gasteiger partial charge in [0.2, 0.25) is 17.8 Å². The number of imidazole rings is 1. The molecule has 0 bridgehead atoms. The average molecular weight is 616 g/mol. The van der Waals surface area contributed by atoms with Crippen LogP contribution in [0.4, 0.5) is 11.8 Å². The molecule has 4 aromatic rings. The highest BCUT2D eigenvalue weighted by Crippen LogP contribution is 2.37. The number of nitrogens with one attached hydrogen (secondary N) is 3. The molecule has 234 valence electrons. The van der Waals surface area contributed by atoms with Gasteiger partial charge in [0, 0.05) is 33.9 Å². The molecular weight excluding hydrogens is 582 g/mol. The lowest BCUT2D eigenvalue weighted by Crippen LogP contribution is -2.40. The second-order valence-corrected chi connectivity index (χ2v) is 10.4. The molecule has 14 nitrogen and oxygen atoms in total. The van der Waals surface area contributed by atoms with Crippen molar-refractivity contribution in [1.82, 2.24) is 24.8 Å². The molecule has 14 heteroatoms. The summed E-state index contributed by atoms with van der Waals surface area (Å²) in [6, 6.07) is 19.0. The third-order valence-corrected chi connectivity index (χ3v) is 6.89. The Balaban J connectivity index is 1.47. The van der Waals surface area contributed by atoms with Crippen LogP contribution in [0.3, 0.4) is 0 Å². The quantitative estimate of drug-likeness (QED) is 0.212. The number of esters is 2. The van der Waals surface area contributed by atoms with Crippen LogP contribution in [-0.2, 0) is 46.5 Å². The Morgan fingerprint density at radius 3 is 2.09 bits per heavy atom. The zero-order valence-corrected chi connectivity index (χ0v) is 24.9. The lowest BCUT2D eigenvalue weighted by Gasteiger charge is -2.24. The predicted octanol–water partition coefficient (Wildman–Crippen LogP) is 2.86. The van der Waals surface area contributed by atoms with Crippen molar-refractivity contribution >= 4 is 46.7 Å². The van der Waals surface area contributed by atoms with Crippen molar-refractivity contribution in [2.24, 2.45) is 0 Å². The molecule has 5 rings (SSSR count). The zero-order chi connectivity index (χ0) is 31.9. The number of nitrogens with zero attached hydrogens (tertiary/aromatic N) is 4. The van der Waals surface area contributed by atoms with Crippen LogP contribution in [0, 0.1) is 0 Å². The van der Waals surface area contributed by atoms with Crippen molar-refractivity contribution in [3.63, 3.8) is 0 Å². The minimum Gasteiger partial charge on any atom is -0.456 e. The summed E-state index contributed by atoms with van der Waals surface area (Å²) in [5.74, 6) is -1.70. The maximum absolute atomic E-state index is 13.0. The van der Waals surface area contributed by atoms with Gasteiger partial charge in [0.05, 0.1) is 12.7 Å². The Kier molecular flexibility index (Phi) is 9.63. The SMILES string of the molecule is CC(=O)Nc1nc(NCc2ccccc2)c2ncn(C3O[C@H](CC(=O)NCc4ccccc4)[C@H](OC(C)=O)[C@H]3OC(C)=O)c2n1. The minimum absolute atomic E-state index is 0.00252. The molecule has 1 aliphatic heterocycles. The second kappa shape index (κ2) is 13.9. The van der Waals surface area contributed by atoms with Gasteiger partial charge in [-0.05, 0) is 11.1 Å². The van der Waals surface area contributed by atoms with Gasteiger partial charge in [-0.1, -0.05) is 60.7 Å². The van der Waals surface area contributed by atoms with Crippen LogP contribution < -0.4 is 16.0 Å². The Morgan fingerprint density at radius 1 is 0.844 bits per heavy atom. The number of anilines is 2. The molecule has 1 saturated heterocycles. The van der Waals surface area contributed by atoms with E-state index >= 15 is 0 Å². The van der Waals surface area contributed by atoms with Crippen molar-refractivity contribution in [1.29, 1.82) is 0 Å². The second-order valence-electron chi connectivity index (χ2n) is 10.4. The van der Waals surface area contributed by atoms with Crippen LogP contribution in [0.1, 0.15) is 44.5 Å². The van der Waals surface area contributed by atoms with E-state index in [1.54, 1.807) is 0 Å². The van der Waals surface area contributed by atoms with Gasteiger partial charge >= 0.3 is 11.9 Å². The number of carbonyl (C=O) groups is 4. The number of hydrogen-bond donors (Lipinski definition) is 3. The first-order valence-corrected chi connectivity index (χ1v) is 14.3. The molecule has 4 atom stereocenters. The molecule has 1 aliphatic rings. The third kappa shape index (κ3) is 7.78. The number of amides is 2. The molecule has 1 unspecified atom stereocenters. The molecule has 0 spiro atoms. The Labute approximate surface area is 258 Å². The van der Waals surface area contributed by atoms with Crippen LogP contribution in [0.5, 0.6) is 0 Å². The van der Waals surface area contributed by atoms with Crippen LogP contribution in [0.2, 0.25) is 0 Å². The number of ether oxygens (including phenoxy) is 3. The molecule has 2 aromatic heterocycles. The van der Waals surface area contributed by atoms with E-state index in [0.717, 1.165) is 11.1 Å². The average Bonchev–Trinajstić information content (AvgIpc) is 3.56. The highest BCUT2D eigenvalue weighted by molar-refractivity contribution is 5.90. The first kappa shape index (κ1) is 31.1. The van der Waals surface area contributed by atoms with Gasteiger partial charge in [-0.2, -0.15) is 9.97 Å². The minimum atomic E-state index is -1.16. The summed E-state index contributed by atoms with van der Waals surface area (Å²) >= 11 is 0. The molecule has 2 aromatic carbocycles. The van der Waals surface area contributed by atoms with Gasteiger partial charge in [0.1, 0.15) is 6.10 Å². The first-order valence-electron chi connectivity index (χ1n) is 14.3. The number of carbonyl (C=O) groups excluding carboxylic acids is 4. The van der Waals surface area contributed by atoms with Gasteiger partial charge < -0.3 is 24.8 Å². The van der Waals surface area contributed by atoms with E-state index in [1.807, 2.05) is 60.7 Å². The highest BCUT2D eigenvalue weighted by Gasteiger charge is 2.51. The zero-order valence-electron chi connectivity index (χ0n) is 24.9. The number of fused-ring (bicyclic) bond motifs is 1. The highest BCUT2D eigenvalue weighted by atomic mass is 16.6. The van der Waals surface area contributed by atoms with Gasteiger partial charge in [-0.15, -0.1) is 0 Å². The summed E-state index contributed by atoms with van der Waals surface area (Å²) in [7, 11) is 0. The maximum atomic E-state index is 13.0. The van der Waals surface area contributed by atoms with Gasteiger partial charge in [-0.25, -0.2) is 4.98 Å². The molecule has 2 amide bonds. The number of rotatable bonds is 11. The maximum Gasteiger partial charge on any atom is 0.303 e. The van der Waals surface area contributed by atoms with Crippen LogP contribution in [0.15, 0.2) is 67.0 Å². The Bertz CT molecular complexity index is 1680. The van der Waals surface area contributed by atoms with Crippen molar-refractivity contribution < 1.29 is 33.4 Å². The standard InChI is InChI=1S/C31H33N7O7/c1-18(39)35-31-36-28(33-16-22-12-8-5-9-13-22)25-29(37-31)38(17-34-25)30-27(44-20(3)41)26(43-19(2)40)23(45-30)14-24(42)32-15-21-10-6-4-7-11-21/h4-13,17,23,26-27,30H,14-16H2,1-3H3,(H,32,42)(H2,33,35,36,37,39)/t23-,26+,27-,30?/m1/s1. The van der Waals surface area contributed by atoms with Crippen molar-refractivity contribution in [3.8, 4) is 0 Å². The monoisotopic (exact) mass is 615 g/mol. The Morgan fingerprint density at radius 2 is 1.47 bits per heavy atom. The van der Waals surface area contributed by atoms with E-state index in [0.29, 0.717) is 17.9 Å². The summed E-state index contributed by atoms with van der Waals surface area (Å²) in [5.41, 5.74) is 2.47. The van der Waals surface area contributed by atoms with Crippen LogP contribution in [-0.4, -0.2) is 61.6 Å². The van der Waals surface area contributed by atoms with E-state index < -0.39 is 36.5 Å². The lowest BCUT2D eigenvalue weighted by molar-refractivity contribution is -0.165. The molecule has 3 N–H and O–H groups in total. The van der Waals surface area contributed by atoms with E-state index in [2.05, 4.69) is 30.9 Å². The largest absolute Gasteiger partial charge is 0.456 e. The number of benzene rings is 2. The van der Waals surface area contributed by atoms with Gasteiger partial charge in [0.15, 0.2) is 35.4 Å². The van der Waals surface area contributed by atoms with E-state index in [-0.39, 0.29) is 36.4 Å². The predicted molar refractivity (Wildman–Crippen MR) is 161 cm³/mol. The van der Waals surface area contributed by atoms with E-state index in [4.69, 9.17) is 14.2 Å². The molecule has 0 radical (unpaired) electrons.